The van der Waals surface area contributed by atoms with Crippen LogP contribution in [-0.4, -0.2) is 9.97 Å². The first-order valence-electron chi connectivity index (χ1n) is 6.06. The number of hydrogen-bond donors (Lipinski definition) is 2. The molecule has 0 aromatic carbocycles. The minimum atomic E-state index is 0.252. The van der Waals surface area contributed by atoms with Crippen LogP contribution >= 0.6 is 23.6 Å². The summed E-state index contributed by atoms with van der Waals surface area (Å²) in [7, 11) is 0. The van der Waals surface area contributed by atoms with Gasteiger partial charge in [0.05, 0.1) is 17.6 Å². The molecule has 19 heavy (non-hydrogen) atoms. The molecule has 2 aromatic rings. The minimum absolute atomic E-state index is 0.252. The average Bonchev–Trinajstić information content (AvgIpc) is 2.69. The van der Waals surface area contributed by atoms with E-state index in [1.165, 1.54) is 15.3 Å². The number of pyridine rings is 1. The summed E-state index contributed by atoms with van der Waals surface area (Å²) in [5, 5.41) is 3.44. The van der Waals surface area contributed by atoms with Crippen LogP contribution in [0.15, 0.2) is 24.4 Å². The van der Waals surface area contributed by atoms with E-state index in [-0.39, 0.29) is 6.04 Å². The van der Waals surface area contributed by atoms with E-state index in [0.29, 0.717) is 10.7 Å². The molecule has 2 aromatic heterocycles. The molecule has 0 saturated carbocycles. The summed E-state index contributed by atoms with van der Waals surface area (Å²) in [5.74, 6) is 0. The van der Waals surface area contributed by atoms with Crippen molar-refractivity contribution in [3.8, 4) is 0 Å². The highest BCUT2D eigenvalue weighted by Gasteiger charge is 2.11. The summed E-state index contributed by atoms with van der Waals surface area (Å²) >= 11 is 6.71. The molecule has 100 valence electrons. The van der Waals surface area contributed by atoms with Crippen LogP contribution in [0.25, 0.3) is 0 Å². The van der Waals surface area contributed by atoms with E-state index in [9.17, 15) is 0 Å². The number of anilines is 1. The van der Waals surface area contributed by atoms with Gasteiger partial charge in [-0.15, -0.1) is 11.3 Å². The molecule has 0 radical (unpaired) electrons. The maximum Gasteiger partial charge on any atom is 0.122 e. The molecule has 3 nitrogen and oxygen atoms in total. The maximum atomic E-state index is 5.53. The Labute approximate surface area is 122 Å². The van der Waals surface area contributed by atoms with Crippen LogP contribution in [0.5, 0.6) is 0 Å². The highest BCUT2D eigenvalue weighted by Crippen LogP contribution is 2.28. The van der Waals surface area contributed by atoms with E-state index in [1.807, 2.05) is 23.5 Å². The third-order valence-corrected chi connectivity index (χ3v) is 4.14. The first kappa shape index (κ1) is 14.0. The molecule has 0 amide bonds. The minimum Gasteiger partial charge on any atom is -0.388 e. The Hall–Kier alpha value is -1.46. The predicted octanol–water partition coefficient (Wildman–Crippen LogP) is 3.57. The summed E-state index contributed by atoms with van der Waals surface area (Å²) in [4.78, 5) is 7.24. The lowest BCUT2D eigenvalue weighted by molar-refractivity contribution is 0.880. The summed E-state index contributed by atoms with van der Waals surface area (Å²) in [6, 6.07) is 6.27. The number of nitrogens with zero attached hydrogens (tertiary/aromatic N) is 1. The lowest BCUT2D eigenvalue weighted by atomic mass is 10.1. The van der Waals surface area contributed by atoms with Crippen molar-refractivity contribution < 1.29 is 0 Å². The van der Waals surface area contributed by atoms with Gasteiger partial charge < -0.3 is 11.1 Å². The molecule has 0 saturated heterocycles. The molecule has 1 unspecified atom stereocenters. The average molecular weight is 291 g/mol. The van der Waals surface area contributed by atoms with Crippen molar-refractivity contribution >= 4 is 34.2 Å². The normalized spacial score (nSPS) is 12.2. The molecule has 5 heteroatoms. The predicted molar refractivity (Wildman–Crippen MR) is 86.0 cm³/mol. The van der Waals surface area contributed by atoms with E-state index in [4.69, 9.17) is 18.0 Å². The fourth-order valence-corrected chi connectivity index (χ4v) is 3.18. The molecular weight excluding hydrogens is 274 g/mol. The molecular formula is C14H17N3S2. The quantitative estimate of drug-likeness (QED) is 0.846. The number of rotatable bonds is 4. The van der Waals surface area contributed by atoms with E-state index in [2.05, 4.69) is 37.1 Å². The van der Waals surface area contributed by atoms with Gasteiger partial charge in [0.1, 0.15) is 4.99 Å². The Balaban J connectivity index is 2.12. The highest BCUT2D eigenvalue weighted by atomic mass is 32.1. The topological polar surface area (TPSA) is 50.9 Å². The van der Waals surface area contributed by atoms with E-state index in [0.717, 1.165) is 5.69 Å². The van der Waals surface area contributed by atoms with Crippen LogP contribution in [0.3, 0.4) is 0 Å². The standard InChI is InChI=1S/C14H17N3S2/c1-8-6-12(10(3)19-8)9(2)17-11-4-5-13(14(15)18)16-7-11/h4-7,9,17H,1-3H3,(H2,15,18). The second kappa shape index (κ2) is 5.67. The first-order chi connectivity index (χ1) is 8.97. The Morgan fingerprint density at radius 3 is 2.63 bits per heavy atom. The molecule has 0 spiro atoms. The van der Waals surface area contributed by atoms with E-state index in [1.54, 1.807) is 6.20 Å². The number of hydrogen-bond acceptors (Lipinski definition) is 4. The fourth-order valence-electron chi connectivity index (χ4n) is 2.03. The van der Waals surface area contributed by atoms with Gasteiger partial charge in [0.25, 0.3) is 0 Å². The first-order valence-corrected chi connectivity index (χ1v) is 7.29. The van der Waals surface area contributed by atoms with Crippen molar-refractivity contribution in [2.24, 2.45) is 5.73 Å². The Kier molecular flexibility index (Phi) is 4.17. The van der Waals surface area contributed by atoms with Crippen LogP contribution in [0.2, 0.25) is 0 Å². The van der Waals surface area contributed by atoms with Crippen LogP contribution in [0.4, 0.5) is 5.69 Å². The summed E-state index contributed by atoms with van der Waals surface area (Å²) < 4.78 is 0. The number of aromatic nitrogens is 1. The molecule has 0 bridgehead atoms. The van der Waals surface area contributed by atoms with Gasteiger partial charge in [0.2, 0.25) is 0 Å². The van der Waals surface area contributed by atoms with Crippen molar-refractivity contribution in [1.29, 1.82) is 0 Å². The summed E-state index contributed by atoms with van der Waals surface area (Å²) in [6.45, 7) is 6.43. The van der Waals surface area contributed by atoms with Crippen molar-refractivity contribution in [2.45, 2.75) is 26.8 Å². The molecule has 1 atom stereocenters. The van der Waals surface area contributed by atoms with Gasteiger partial charge in [0.15, 0.2) is 0 Å². The lowest BCUT2D eigenvalue weighted by Crippen LogP contribution is -2.12. The van der Waals surface area contributed by atoms with E-state index >= 15 is 0 Å². The van der Waals surface area contributed by atoms with Crippen LogP contribution in [-0.2, 0) is 0 Å². The van der Waals surface area contributed by atoms with Gasteiger partial charge in [-0.25, -0.2) is 0 Å². The highest BCUT2D eigenvalue weighted by molar-refractivity contribution is 7.80. The largest absolute Gasteiger partial charge is 0.388 e. The van der Waals surface area contributed by atoms with Crippen molar-refractivity contribution in [1.82, 2.24) is 4.98 Å². The number of nitrogens with one attached hydrogen (secondary N) is 1. The molecule has 2 heterocycles. The smallest absolute Gasteiger partial charge is 0.122 e. The zero-order valence-electron chi connectivity index (χ0n) is 11.2. The van der Waals surface area contributed by atoms with Gasteiger partial charge in [-0.3, -0.25) is 4.98 Å². The zero-order chi connectivity index (χ0) is 14.0. The van der Waals surface area contributed by atoms with Gasteiger partial charge >= 0.3 is 0 Å². The third-order valence-electron chi connectivity index (χ3n) is 2.94. The maximum absolute atomic E-state index is 5.53. The van der Waals surface area contributed by atoms with Crippen LogP contribution in [0.1, 0.15) is 34.0 Å². The number of thiophene rings is 1. The monoisotopic (exact) mass is 291 g/mol. The second-order valence-electron chi connectivity index (χ2n) is 4.53. The third kappa shape index (κ3) is 3.30. The zero-order valence-corrected chi connectivity index (χ0v) is 12.9. The number of nitrogens with two attached hydrogens (primary N) is 1. The van der Waals surface area contributed by atoms with Crippen molar-refractivity contribution in [3.05, 3.63) is 45.4 Å². The molecule has 0 aliphatic carbocycles. The van der Waals surface area contributed by atoms with Crippen LogP contribution < -0.4 is 11.1 Å². The van der Waals surface area contributed by atoms with Gasteiger partial charge in [-0.2, -0.15) is 0 Å². The lowest BCUT2D eigenvalue weighted by Gasteiger charge is -2.15. The molecule has 2 rings (SSSR count). The van der Waals surface area contributed by atoms with Gasteiger partial charge in [0, 0.05) is 15.8 Å². The molecule has 0 aliphatic rings. The Bertz CT molecular complexity index is 587. The summed E-state index contributed by atoms with van der Waals surface area (Å²) in [5.41, 5.74) is 8.48. The SMILES string of the molecule is Cc1cc(C(C)Nc2ccc(C(N)=S)nc2)c(C)s1. The van der Waals surface area contributed by atoms with E-state index < -0.39 is 0 Å². The second-order valence-corrected chi connectivity index (χ2v) is 6.43. The van der Waals surface area contributed by atoms with Gasteiger partial charge in [-0.1, -0.05) is 12.2 Å². The number of thiocarbonyl (C=S) groups is 1. The fraction of sp³-hybridized carbons (Fsp3) is 0.286. The van der Waals surface area contributed by atoms with Crippen LogP contribution in [0, 0.1) is 13.8 Å². The van der Waals surface area contributed by atoms with Crippen molar-refractivity contribution in [2.75, 3.05) is 5.32 Å². The Morgan fingerprint density at radius 1 is 1.42 bits per heavy atom. The number of aryl methyl sites for hydroxylation is 2. The molecule has 3 N–H and O–H groups in total. The van der Waals surface area contributed by atoms with Crippen molar-refractivity contribution in [3.63, 3.8) is 0 Å². The Morgan fingerprint density at radius 2 is 2.16 bits per heavy atom. The molecule has 0 fully saturated rings. The van der Waals surface area contributed by atoms with Gasteiger partial charge in [-0.05, 0) is 44.5 Å². The molecule has 0 aliphatic heterocycles. The summed E-state index contributed by atoms with van der Waals surface area (Å²) in [6.07, 6.45) is 1.76.